The molecule has 8 nitrogen and oxygen atoms in total. The van der Waals surface area contributed by atoms with Crippen molar-refractivity contribution >= 4 is 35.0 Å². The van der Waals surface area contributed by atoms with Gasteiger partial charge in [0.25, 0.3) is 0 Å². The van der Waals surface area contributed by atoms with Gasteiger partial charge in [0.1, 0.15) is 17.4 Å². The van der Waals surface area contributed by atoms with Crippen LogP contribution in [0, 0.1) is 11.8 Å². The number of nitrogens with zero attached hydrogens (tertiary/aromatic N) is 1. The summed E-state index contributed by atoms with van der Waals surface area (Å²) in [7, 11) is 1.59. The van der Waals surface area contributed by atoms with Gasteiger partial charge in [0.15, 0.2) is 0 Å². The van der Waals surface area contributed by atoms with Crippen molar-refractivity contribution in [1.82, 2.24) is 10.2 Å². The number of ether oxygens (including phenoxy) is 2. The SMILES string of the molecule is COc1cccc(CN2C(=O)C3C(C(=O)Nc4ccc(Cl)cc4)C4C=CC3(O4)C2C(=O)NC2CCCCC2)c1. The van der Waals surface area contributed by atoms with Gasteiger partial charge >= 0.3 is 0 Å². The number of anilines is 1. The Hall–Kier alpha value is -3.36. The summed E-state index contributed by atoms with van der Waals surface area (Å²) in [5.74, 6) is -1.72. The largest absolute Gasteiger partial charge is 0.497 e. The van der Waals surface area contributed by atoms with E-state index in [1.807, 2.05) is 36.4 Å². The summed E-state index contributed by atoms with van der Waals surface area (Å²) in [5, 5.41) is 6.69. The molecular weight excluding hydrogens is 518 g/mol. The molecule has 2 saturated heterocycles. The van der Waals surface area contributed by atoms with Crippen molar-refractivity contribution in [1.29, 1.82) is 0 Å². The van der Waals surface area contributed by atoms with Crippen molar-refractivity contribution < 1.29 is 23.9 Å². The van der Waals surface area contributed by atoms with E-state index < -0.39 is 29.6 Å². The van der Waals surface area contributed by atoms with Crippen LogP contribution in [0.15, 0.2) is 60.7 Å². The van der Waals surface area contributed by atoms with Crippen LogP contribution in [0.4, 0.5) is 5.69 Å². The number of likely N-dealkylation sites (tertiary alicyclic amines) is 1. The molecule has 0 radical (unpaired) electrons. The van der Waals surface area contributed by atoms with Gasteiger partial charge in [-0.15, -0.1) is 0 Å². The second-order valence-electron chi connectivity index (χ2n) is 10.9. The van der Waals surface area contributed by atoms with Crippen molar-refractivity contribution in [2.45, 2.75) is 62.4 Å². The lowest BCUT2D eigenvalue weighted by molar-refractivity contribution is -0.142. The summed E-state index contributed by atoms with van der Waals surface area (Å²) >= 11 is 6.00. The number of benzene rings is 2. The zero-order chi connectivity index (χ0) is 27.1. The lowest BCUT2D eigenvalue weighted by Gasteiger charge is -2.34. The van der Waals surface area contributed by atoms with Crippen molar-refractivity contribution in [2.75, 3.05) is 12.4 Å². The normalized spacial score (nSPS) is 29.4. The maximum absolute atomic E-state index is 14.2. The van der Waals surface area contributed by atoms with E-state index >= 15 is 0 Å². The topological polar surface area (TPSA) is 97.0 Å². The third-order valence-electron chi connectivity index (χ3n) is 8.48. The van der Waals surface area contributed by atoms with Gasteiger partial charge in [-0.3, -0.25) is 14.4 Å². The van der Waals surface area contributed by atoms with Gasteiger partial charge in [-0.1, -0.05) is 55.1 Å². The number of carbonyl (C=O) groups excluding carboxylic acids is 3. The molecule has 1 aliphatic carbocycles. The Morgan fingerprint density at radius 1 is 1.10 bits per heavy atom. The Balaban J connectivity index is 1.32. The van der Waals surface area contributed by atoms with Gasteiger partial charge in [-0.25, -0.2) is 0 Å². The average molecular weight is 550 g/mol. The van der Waals surface area contributed by atoms with Crippen LogP contribution < -0.4 is 15.4 Å². The molecule has 3 amide bonds. The van der Waals surface area contributed by atoms with Crippen LogP contribution in [0.1, 0.15) is 37.7 Å². The maximum atomic E-state index is 14.2. The molecule has 5 atom stereocenters. The first-order valence-electron chi connectivity index (χ1n) is 13.6. The molecule has 3 aliphatic heterocycles. The number of rotatable bonds is 7. The van der Waals surface area contributed by atoms with Crippen LogP contribution in [-0.2, 0) is 25.7 Å². The van der Waals surface area contributed by atoms with E-state index in [9.17, 15) is 14.4 Å². The molecule has 204 valence electrons. The molecule has 2 bridgehead atoms. The number of halogens is 1. The minimum Gasteiger partial charge on any atom is -0.497 e. The highest BCUT2D eigenvalue weighted by Gasteiger charge is 2.72. The van der Waals surface area contributed by atoms with Gasteiger partial charge in [0.2, 0.25) is 17.7 Å². The fourth-order valence-corrected chi connectivity index (χ4v) is 6.82. The number of fused-ring (bicyclic) bond motifs is 1. The molecule has 2 aromatic rings. The lowest BCUT2D eigenvalue weighted by atomic mass is 9.74. The number of hydrogen-bond donors (Lipinski definition) is 2. The van der Waals surface area contributed by atoms with E-state index in [0.717, 1.165) is 31.2 Å². The summed E-state index contributed by atoms with van der Waals surface area (Å²) in [6.07, 6.45) is 8.22. The molecule has 3 heterocycles. The van der Waals surface area contributed by atoms with Gasteiger partial charge in [0, 0.05) is 23.3 Å². The molecule has 0 aromatic heterocycles. The summed E-state index contributed by atoms with van der Waals surface area (Å²) in [6, 6.07) is 13.4. The van der Waals surface area contributed by atoms with Crippen LogP contribution >= 0.6 is 11.6 Å². The summed E-state index contributed by atoms with van der Waals surface area (Å²) in [5.41, 5.74) is 0.201. The predicted octanol–water partition coefficient (Wildman–Crippen LogP) is 4.09. The van der Waals surface area contributed by atoms with E-state index in [-0.39, 0.29) is 30.3 Å². The van der Waals surface area contributed by atoms with E-state index in [0.29, 0.717) is 16.5 Å². The maximum Gasteiger partial charge on any atom is 0.246 e. The van der Waals surface area contributed by atoms with Crippen molar-refractivity contribution in [3.8, 4) is 5.75 Å². The Kier molecular flexibility index (Phi) is 6.85. The van der Waals surface area contributed by atoms with Gasteiger partial charge < -0.3 is 25.0 Å². The number of methoxy groups -OCH3 is 1. The van der Waals surface area contributed by atoms with Gasteiger partial charge in [0.05, 0.1) is 25.0 Å². The van der Waals surface area contributed by atoms with Gasteiger partial charge in [-0.2, -0.15) is 0 Å². The molecule has 1 saturated carbocycles. The number of carbonyl (C=O) groups is 3. The minimum atomic E-state index is -1.21. The second kappa shape index (κ2) is 10.3. The van der Waals surface area contributed by atoms with Crippen molar-refractivity contribution in [3.63, 3.8) is 0 Å². The van der Waals surface area contributed by atoms with Crippen molar-refractivity contribution in [2.24, 2.45) is 11.8 Å². The van der Waals surface area contributed by atoms with Crippen LogP contribution in [-0.4, -0.2) is 53.5 Å². The Labute approximate surface area is 232 Å². The van der Waals surface area contributed by atoms with Crippen LogP contribution in [0.3, 0.4) is 0 Å². The molecule has 4 aliphatic rings. The smallest absolute Gasteiger partial charge is 0.246 e. The molecule has 6 rings (SSSR count). The van der Waals surface area contributed by atoms with E-state index in [1.165, 1.54) is 6.42 Å². The van der Waals surface area contributed by atoms with Crippen LogP contribution in [0.5, 0.6) is 5.75 Å². The highest BCUT2D eigenvalue weighted by atomic mass is 35.5. The Bertz CT molecular complexity index is 1310. The van der Waals surface area contributed by atoms with E-state index in [2.05, 4.69) is 10.6 Å². The first-order valence-corrected chi connectivity index (χ1v) is 13.9. The predicted molar refractivity (Wildman–Crippen MR) is 146 cm³/mol. The summed E-state index contributed by atoms with van der Waals surface area (Å²) in [4.78, 5) is 43.3. The number of nitrogens with one attached hydrogen (secondary N) is 2. The molecule has 2 aromatic carbocycles. The minimum absolute atomic E-state index is 0.0713. The second-order valence-corrected chi connectivity index (χ2v) is 11.3. The lowest BCUT2D eigenvalue weighted by Crippen LogP contribution is -2.56. The standard InChI is InChI=1S/C30H32ClN3O5/c1-38-22-9-5-6-18(16-22)17-34-26(28(36)33-20-7-3-2-4-8-20)30-15-14-23(39-30)24(25(30)29(34)37)27(35)32-21-12-10-19(31)11-13-21/h5-6,9-16,20,23-26H,2-4,7-8,17H2,1H3,(H,32,35)(H,33,36). The summed E-state index contributed by atoms with van der Waals surface area (Å²) < 4.78 is 11.8. The Morgan fingerprint density at radius 2 is 1.87 bits per heavy atom. The highest BCUT2D eigenvalue weighted by molar-refractivity contribution is 6.30. The molecule has 5 unspecified atom stereocenters. The fourth-order valence-electron chi connectivity index (χ4n) is 6.69. The first-order chi connectivity index (χ1) is 18.9. The summed E-state index contributed by atoms with van der Waals surface area (Å²) in [6.45, 7) is 0.199. The third kappa shape index (κ3) is 4.59. The molecule has 39 heavy (non-hydrogen) atoms. The molecule has 9 heteroatoms. The van der Waals surface area contributed by atoms with Gasteiger partial charge in [-0.05, 0) is 54.8 Å². The molecular formula is C30H32ClN3O5. The average Bonchev–Trinajstić information content (AvgIpc) is 3.58. The van der Waals surface area contributed by atoms with Crippen LogP contribution in [0.2, 0.25) is 5.02 Å². The zero-order valence-electron chi connectivity index (χ0n) is 21.8. The monoisotopic (exact) mass is 549 g/mol. The highest BCUT2D eigenvalue weighted by Crippen LogP contribution is 2.55. The van der Waals surface area contributed by atoms with Crippen LogP contribution in [0.25, 0.3) is 0 Å². The number of hydrogen-bond acceptors (Lipinski definition) is 5. The molecule has 3 fully saturated rings. The molecule has 1 spiro atoms. The Morgan fingerprint density at radius 3 is 2.62 bits per heavy atom. The van der Waals surface area contributed by atoms with Crippen molar-refractivity contribution in [3.05, 3.63) is 71.3 Å². The quantitative estimate of drug-likeness (QED) is 0.507. The molecule has 2 N–H and O–H groups in total. The van der Waals surface area contributed by atoms with E-state index in [4.69, 9.17) is 21.1 Å². The number of amides is 3. The third-order valence-corrected chi connectivity index (χ3v) is 8.73. The zero-order valence-corrected chi connectivity index (χ0v) is 22.5. The fraction of sp³-hybridized carbons (Fsp3) is 0.433. The van der Waals surface area contributed by atoms with E-state index in [1.54, 1.807) is 36.3 Å². The first kappa shape index (κ1) is 25.9.